The summed E-state index contributed by atoms with van der Waals surface area (Å²) in [6, 6.07) is 13.8. The SMILES string of the molecule is CC1=C(C(=O)OCc2ccccc2)[C@H](c2ccccc2F)NC(=O)N1. The number of hydrogen-bond donors (Lipinski definition) is 2. The van der Waals surface area contributed by atoms with Crippen molar-refractivity contribution in [2.75, 3.05) is 0 Å². The summed E-state index contributed by atoms with van der Waals surface area (Å²) in [6.45, 7) is 1.68. The average Bonchev–Trinajstić information content (AvgIpc) is 2.60. The number of ether oxygens (including phenoxy) is 1. The molecule has 5 nitrogen and oxygen atoms in total. The van der Waals surface area contributed by atoms with Crippen LogP contribution in [0.3, 0.4) is 0 Å². The van der Waals surface area contributed by atoms with E-state index in [0.29, 0.717) is 5.70 Å². The van der Waals surface area contributed by atoms with Crippen molar-refractivity contribution in [3.05, 3.63) is 82.8 Å². The molecule has 3 rings (SSSR count). The van der Waals surface area contributed by atoms with Gasteiger partial charge in [0.15, 0.2) is 0 Å². The number of benzene rings is 2. The summed E-state index contributed by atoms with van der Waals surface area (Å²) in [4.78, 5) is 24.4. The van der Waals surface area contributed by atoms with E-state index in [0.717, 1.165) is 5.56 Å². The number of carbonyl (C=O) groups is 2. The number of urea groups is 1. The Bertz CT molecular complexity index is 834. The molecule has 0 fully saturated rings. The maximum Gasteiger partial charge on any atom is 0.338 e. The van der Waals surface area contributed by atoms with E-state index in [9.17, 15) is 14.0 Å². The second-order valence-corrected chi connectivity index (χ2v) is 5.65. The molecule has 2 N–H and O–H groups in total. The Hall–Kier alpha value is -3.15. The third kappa shape index (κ3) is 3.68. The molecule has 1 aliphatic rings. The van der Waals surface area contributed by atoms with Gasteiger partial charge in [0.2, 0.25) is 0 Å². The molecule has 25 heavy (non-hydrogen) atoms. The summed E-state index contributed by atoms with van der Waals surface area (Å²) in [5.41, 5.74) is 1.57. The van der Waals surface area contributed by atoms with Gasteiger partial charge in [0.05, 0.1) is 11.6 Å². The highest BCUT2D eigenvalue weighted by Gasteiger charge is 2.33. The van der Waals surface area contributed by atoms with E-state index in [2.05, 4.69) is 10.6 Å². The monoisotopic (exact) mass is 340 g/mol. The zero-order valence-corrected chi connectivity index (χ0v) is 13.6. The van der Waals surface area contributed by atoms with Gasteiger partial charge in [-0.1, -0.05) is 48.5 Å². The highest BCUT2D eigenvalue weighted by molar-refractivity contribution is 5.95. The van der Waals surface area contributed by atoms with Crippen molar-refractivity contribution in [3.63, 3.8) is 0 Å². The van der Waals surface area contributed by atoms with E-state index < -0.39 is 23.9 Å². The Balaban J connectivity index is 1.87. The fraction of sp³-hybridized carbons (Fsp3) is 0.158. The van der Waals surface area contributed by atoms with Crippen LogP contribution in [-0.4, -0.2) is 12.0 Å². The number of esters is 1. The Kier molecular flexibility index (Phi) is 4.79. The molecule has 0 saturated carbocycles. The fourth-order valence-corrected chi connectivity index (χ4v) is 2.71. The quantitative estimate of drug-likeness (QED) is 0.840. The van der Waals surface area contributed by atoms with E-state index >= 15 is 0 Å². The average molecular weight is 340 g/mol. The number of nitrogens with one attached hydrogen (secondary N) is 2. The number of rotatable bonds is 4. The van der Waals surface area contributed by atoms with Gasteiger partial charge in [-0.15, -0.1) is 0 Å². The van der Waals surface area contributed by atoms with Crippen LogP contribution in [-0.2, 0) is 16.1 Å². The predicted molar refractivity (Wildman–Crippen MR) is 89.7 cm³/mol. The van der Waals surface area contributed by atoms with Crippen LogP contribution in [0.15, 0.2) is 65.9 Å². The number of allylic oxidation sites excluding steroid dienone is 1. The van der Waals surface area contributed by atoms with Crippen LogP contribution in [0.1, 0.15) is 24.1 Å². The van der Waals surface area contributed by atoms with Crippen LogP contribution in [0, 0.1) is 5.82 Å². The molecule has 0 aromatic heterocycles. The predicted octanol–water partition coefficient (Wildman–Crippen LogP) is 3.20. The first-order valence-electron chi connectivity index (χ1n) is 7.80. The molecule has 0 radical (unpaired) electrons. The lowest BCUT2D eigenvalue weighted by Gasteiger charge is -2.28. The lowest BCUT2D eigenvalue weighted by Crippen LogP contribution is -2.45. The largest absolute Gasteiger partial charge is 0.457 e. The summed E-state index contributed by atoms with van der Waals surface area (Å²) in [5.74, 6) is -1.11. The zero-order valence-electron chi connectivity index (χ0n) is 13.6. The van der Waals surface area contributed by atoms with Crippen molar-refractivity contribution in [2.45, 2.75) is 19.6 Å². The molecule has 0 saturated heterocycles. The third-order valence-electron chi connectivity index (χ3n) is 3.92. The first-order chi connectivity index (χ1) is 12.1. The van der Waals surface area contributed by atoms with Crippen molar-refractivity contribution < 1.29 is 18.7 Å². The zero-order chi connectivity index (χ0) is 17.8. The van der Waals surface area contributed by atoms with Gasteiger partial charge >= 0.3 is 12.0 Å². The second kappa shape index (κ2) is 7.17. The van der Waals surface area contributed by atoms with E-state index in [1.54, 1.807) is 19.1 Å². The molecule has 0 unspecified atom stereocenters. The van der Waals surface area contributed by atoms with Crippen LogP contribution in [0.5, 0.6) is 0 Å². The van der Waals surface area contributed by atoms with Crippen molar-refractivity contribution in [2.24, 2.45) is 0 Å². The molecule has 2 aromatic carbocycles. The first kappa shape index (κ1) is 16.7. The molecule has 128 valence electrons. The van der Waals surface area contributed by atoms with E-state index in [1.165, 1.54) is 12.1 Å². The molecule has 2 amide bonds. The summed E-state index contributed by atoms with van der Waals surface area (Å²) in [5, 5.41) is 5.12. The van der Waals surface area contributed by atoms with Crippen LogP contribution in [0.4, 0.5) is 9.18 Å². The minimum atomic E-state index is -0.904. The number of hydrogen-bond acceptors (Lipinski definition) is 3. The highest BCUT2D eigenvalue weighted by atomic mass is 19.1. The molecular weight excluding hydrogens is 323 g/mol. The smallest absolute Gasteiger partial charge is 0.338 e. The molecule has 0 aliphatic carbocycles. The summed E-state index contributed by atoms with van der Waals surface area (Å²) in [6.07, 6.45) is 0. The van der Waals surface area contributed by atoms with E-state index in [-0.39, 0.29) is 17.7 Å². The Labute approximate surface area is 144 Å². The molecule has 1 heterocycles. The molecule has 6 heteroatoms. The molecule has 2 aromatic rings. The van der Waals surface area contributed by atoms with Gasteiger partial charge < -0.3 is 15.4 Å². The van der Waals surface area contributed by atoms with Crippen LogP contribution < -0.4 is 10.6 Å². The Morgan fingerprint density at radius 2 is 1.80 bits per heavy atom. The standard InChI is InChI=1S/C19H17FN2O3/c1-12-16(18(23)25-11-13-7-3-2-4-8-13)17(22-19(24)21-12)14-9-5-6-10-15(14)20/h2-10,17H,11H2,1H3,(H2,21,22,24)/t17-/m0/s1. The Morgan fingerprint density at radius 1 is 1.12 bits per heavy atom. The lowest BCUT2D eigenvalue weighted by molar-refractivity contribution is -0.140. The molecular formula is C19H17FN2O3. The van der Waals surface area contributed by atoms with Crippen LogP contribution >= 0.6 is 0 Å². The summed E-state index contributed by atoms with van der Waals surface area (Å²) in [7, 11) is 0. The summed E-state index contributed by atoms with van der Waals surface area (Å²) >= 11 is 0. The minimum absolute atomic E-state index is 0.0917. The van der Waals surface area contributed by atoms with Crippen molar-refractivity contribution >= 4 is 12.0 Å². The van der Waals surface area contributed by atoms with Crippen molar-refractivity contribution in [1.29, 1.82) is 0 Å². The maximum atomic E-state index is 14.2. The third-order valence-corrected chi connectivity index (χ3v) is 3.92. The number of amides is 2. The van der Waals surface area contributed by atoms with Gasteiger partial charge in [-0.25, -0.2) is 14.0 Å². The van der Waals surface area contributed by atoms with Gasteiger partial charge in [-0.2, -0.15) is 0 Å². The highest BCUT2D eigenvalue weighted by Crippen LogP contribution is 2.29. The van der Waals surface area contributed by atoms with Crippen molar-refractivity contribution in [3.8, 4) is 0 Å². The fourth-order valence-electron chi connectivity index (χ4n) is 2.71. The van der Waals surface area contributed by atoms with Crippen molar-refractivity contribution in [1.82, 2.24) is 10.6 Å². The second-order valence-electron chi connectivity index (χ2n) is 5.65. The molecule has 1 aliphatic heterocycles. The van der Waals surface area contributed by atoms with Gasteiger partial charge in [0, 0.05) is 11.3 Å². The Morgan fingerprint density at radius 3 is 2.52 bits per heavy atom. The topological polar surface area (TPSA) is 67.4 Å². The van der Waals surface area contributed by atoms with Gasteiger partial charge in [-0.05, 0) is 18.6 Å². The van der Waals surface area contributed by atoms with Crippen LogP contribution in [0.2, 0.25) is 0 Å². The number of carbonyl (C=O) groups excluding carboxylic acids is 2. The maximum absolute atomic E-state index is 14.2. The van der Waals surface area contributed by atoms with E-state index in [4.69, 9.17) is 4.74 Å². The molecule has 1 atom stereocenters. The van der Waals surface area contributed by atoms with Gasteiger partial charge in [-0.3, -0.25) is 0 Å². The lowest BCUT2D eigenvalue weighted by atomic mass is 9.95. The van der Waals surface area contributed by atoms with E-state index in [1.807, 2.05) is 30.3 Å². The summed E-state index contributed by atoms with van der Waals surface area (Å²) < 4.78 is 19.5. The molecule has 0 spiro atoms. The molecule has 0 bridgehead atoms. The minimum Gasteiger partial charge on any atom is -0.457 e. The first-order valence-corrected chi connectivity index (χ1v) is 7.80. The van der Waals surface area contributed by atoms with Gasteiger partial charge in [0.25, 0.3) is 0 Å². The number of halogens is 1. The van der Waals surface area contributed by atoms with Crippen LogP contribution in [0.25, 0.3) is 0 Å². The normalized spacial score (nSPS) is 16.9. The van der Waals surface area contributed by atoms with Gasteiger partial charge in [0.1, 0.15) is 12.4 Å².